The van der Waals surface area contributed by atoms with Crippen molar-refractivity contribution in [3.8, 4) is 56.4 Å². The SMILES string of the molecule is Cc1ccc(-n2c3ccccc3c3ccc(-c4ccc5c6ccccc6n(-c6cccc(-c7nc(-c8ccccc8)cc(-c8ccccc8)n7)c6)c5c4)cc32)cc1. The number of nitrogens with zero attached hydrogens (tertiary/aromatic N) is 4. The van der Waals surface area contributed by atoms with Crippen LogP contribution in [0.4, 0.5) is 0 Å². The van der Waals surface area contributed by atoms with Gasteiger partial charge in [-0.1, -0.05) is 151 Å². The maximum Gasteiger partial charge on any atom is 0.160 e. The Morgan fingerprint density at radius 3 is 1.35 bits per heavy atom. The summed E-state index contributed by atoms with van der Waals surface area (Å²) in [6.45, 7) is 2.14. The molecular weight excluding hydrogens is 693 g/mol. The molecule has 0 radical (unpaired) electrons. The van der Waals surface area contributed by atoms with Crippen molar-refractivity contribution >= 4 is 43.6 Å². The fourth-order valence-corrected chi connectivity index (χ4v) is 8.42. The molecule has 3 aromatic heterocycles. The van der Waals surface area contributed by atoms with Gasteiger partial charge in [0.25, 0.3) is 0 Å². The van der Waals surface area contributed by atoms with Crippen LogP contribution in [0.3, 0.4) is 0 Å². The molecule has 11 aromatic rings. The zero-order chi connectivity index (χ0) is 37.9. The van der Waals surface area contributed by atoms with E-state index in [1.165, 1.54) is 43.7 Å². The number of hydrogen-bond acceptors (Lipinski definition) is 2. The largest absolute Gasteiger partial charge is 0.309 e. The normalized spacial score (nSPS) is 11.6. The van der Waals surface area contributed by atoms with E-state index in [9.17, 15) is 0 Å². The van der Waals surface area contributed by atoms with E-state index in [1.807, 2.05) is 12.1 Å². The summed E-state index contributed by atoms with van der Waals surface area (Å²) < 4.78 is 4.78. The predicted molar refractivity (Wildman–Crippen MR) is 237 cm³/mol. The molecule has 0 amide bonds. The van der Waals surface area contributed by atoms with E-state index in [4.69, 9.17) is 9.97 Å². The molecular formula is C53H36N4. The highest BCUT2D eigenvalue weighted by atomic mass is 15.0. The molecule has 0 spiro atoms. The summed E-state index contributed by atoms with van der Waals surface area (Å²) >= 11 is 0. The Morgan fingerprint density at radius 1 is 0.316 bits per heavy atom. The molecule has 0 N–H and O–H groups in total. The third kappa shape index (κ3) is 5.61. The summed E-state index contributed by atoms with van der Waals surface area (Å²) in [6, 6.07) is 71.5. The van der Waals surface area contributed by atoms with Crippen LogP contribution < -0.4 is 0 Å². The zero-order valence-corrected chi connectivity index (χ0v) is 31.3. The van der Waals surface area contributed by atoms with Gasteiger partial charge >= 0.3 is 0 Å². The van der Waals surface area contributed by atoms with Crippen molar-refractivity contribution in [1.29, 1.82) is 0 Å². The maximum absolute atomic E-state index is 5.15. The number of fused-ring (bicyclic) bond motifs is 6. The van der Waals surface area contributed by atoms with E-state index in [2.05, 4.69) is 204 Å². The Labute approximate surface area is 330 Å². The van der Waals surface area contributed by atoms with Crippen LogP contribution >= 0.6 is 0 Å². The smallest absolute Gasteiger partial charge is 0.160 e. The van der Waals surface area contributed by atoms with Gasteiger partial charge in [0.2, 0.25) is 0 Å². The lowest BCUT2D eigenvalue weighted by atomic mass is 10.0. The van der Waals surface area contributed by atoms with Crippen LogP contribution in [0.2, 0.25) is 0 Å². The molecule has 0 unspecified atom stereocenters. The molecule has 0 atom stereocenters. The van der Waals surface area contributed by atoms with E-state index in [0.717, 1.165) is 56.0 Å². The first-order chi connectivity index (χ1) is 28.2. The first-order valence-electron chi connectivity index (χ1n) is 19.4. The number of aryl methyl sites for hydroxylation is 1. The molecule has 0 aliphatic heterocycles. The average Bonchev–Trinajstić information content (AvgIpc) is 3.79. The summed E-state index contributed by atoms with van der Waals surface area (Å²) in [7, 11) is 0. The number of rotatable bonds is 6. The lowest BCUT2D eigenvalue weighted by Gasteiger charge is -2.13. The highest BCUT2D eigenvalue weighted by molar-refractivity contribution is 6.12. The number of aromatic nitrogens is 4. The summed E-state index contributed by atoms with van der Waals surface area (Å²) in [4.78, 5) is 10.3. The van der Waals surface area contributed by atoms with Crippen molar-refractivity contribution in [2.24, 2.45) is 0 Å². The van der Waals surface area contributed by atoms with Gasteiger partial charge in [-0.3, -0.25) is 0 Å². The minimum absolute atomic E-state index is 0.691. The van der Waals surface area contributed by atoms with Crippen LogP contribution in [0, 0.1) is 6.92 Å². The standard InChI is InChI=1S/C53H36N4/c1-35-23-27-41(28-24-35)56-49-21-10-8-19-43(49)45-29-25-38(32-51(45)56)39-26-30-46-44-20-9-11-22-50(44)57(52(46)33-39)42-18-12-17-40(31-42)53-54-47(36-13-4-2-5-14-36)34-48(55-53)37-15-6-3-7-16-37/h2-34H,1H3. The van der Waals surface area contributed by atoms with Gasteiger partial charge in [-0.25, -0.2) is 9.97 Å². The highest BCUT2D eigenvalue weighted by Crippen LogP contribution is 2.39. The molecule has 0 saturated heterocycles. The topological polar surface area (TPSA) is 35.6 Å². The quantitative estimate of drug-likeness (QED) is 0.171. The first kappa shape index (κ1) is 32.8. The molecule has 11 rings (SSSR count). The molecule has 0 bridgehead atoms. The molecule has 3 heterocycles. The van der Waals surface area contributed by atoms with E-state index >= 15 is 0 Å². The highest BCUT2D eigenvalue weighted by Gasteiger charge is 2.17. The average molecular weight is 729 g/mol. The minimum atomic E-state index is 0.691. The number of para-hydroxylation sites is 2. The fourth-order valence-electron chi connectivity index (χ4n) is 8.42. The summed E-state index contributed by atoms with van der Waals surface area (Å²) in [5, 5.41) is 4.93. The third-order valence-corrected chi connectivity index (χ3v) is 11.2. The number of benzene rings is 8. The van der Waals surface area contributed by atoms with Gasteiger partial charge in [0.15, 0.2) is 5.82 Å². The fraction of sp³-hybridized carbons (Fsp3) is 0.0189. The van der Waals surface area contributed by atoms with Crippen molar-refractivity contribution in [3.05, 3.63) is 206 Å². The number of hydrogen-bond donors (Lipinski definition) is 0. The van der Waals surface area contributed by atoms with Gasteiger partial charge in [0, 0.05) is 49.6 Å². The van der Waals surface area contributed by atoms with Crippen molar-refractivity contribution in [1.82, 2.24) is 19.1 Å². The monoisotopic (exact) mass is 728 g/mol. The summed E-state index contributed by atoms with van der Waals surface area (Å²) in [5.74, 6) is 0.691. The molecule has 8 aromatic carbocycles. The first-order valence-corrected chi connectivity index (χ1v) is 19.4. The van der Waals surface area contributed by atoms with Gasteiger partial charge in [0.1, 0.15) is 0 Å². The van der Waals surface area contributed by atoms with Gasteiger partial charge in [-0.2, -0.15) is 0 Å². The van der Waals surface area contributed by atoms with Gasteiger partial charge < -0.3 is 9.13 Å². The van der Waals surface area contributed by atoms with Gasteiger partial charge in [0.05, 0.1) is 33.5 Å². The van der Waals surface area contributed by atoms with Crippen molar-refractivity contribution in [3.63, 3.8) is 0 Å². The maximum atomic E-state index is 5.15. The van der Waals surface area contributed by atoms with E-state index in [-0.39, 0.29) is 0 Å². The van der Waals surface area contributed by atoms with E-state index in [0.29, 0.717) is 5.82 Å². The van der Waals surface area contributed by atoms with Crippen LogP contribution in [0.15, 0.2) is 200 Å². The van der Waals surface area contributed by atoms with Gasteiger partial charge in [-0.05, 0) is 72.6 Å². The molecule has 4 nitrogen and oxygen atoms in total. The van der Waals surface area contributed by atoms with Gasteiger partial charge in [-0.15, -0.1) is 0 Å². The second-order valence-corrected chi connectivity index (χ2v) is 14.7. The summed E-state index contributed by atoms with van der Waals surface area (Å²) in [6.07, 6.45) is 0. The Hall–Kier alpha value is -7.56. The molecule has 0 fully saturated rings. The Balaban J connectivity index is 1.08. The molecule has 0 aliphatic rings. The third-order valence-electron chi connectivity index (χ3n) is 11.2. The van der Waals surface area contributed by atoms with Crippen molar-refractivity contribution in [2.45, 2.75) is 6.92 Å². The second-order valence-electron chi connectivity index (χ2n) is 14.7. The van der Waals surface area contributed by atoms with E-state index in [1.54, 1.807) is 0 Å². The Kier molecular flexibility index (Phi) is 7.68. The molecule has 0 saturated carbocycles. The molecule has 4 heteroatoms. The van der Waals surface area contributed by atoms with Crippen LogP contribution in [0.5, 0.6) is 0 Å². The van der Waals surface area contributed by atoms with Crippen LogP contribution in [0.1, 0.15) is 5.56 Å². The lowest BCUT2D eigenvalue weighted by Crippen LogP contribution is -1.98. The van der Waals surface area contributed by atoms with Crippen LogP contribution in [-0.2, 0) is 0 Å². The van der Waals surface area contributed by atoms with E-state index < -0.39 is 0 Å². The Bertz CT molecular complexity index is 3230. The van der Waals surface area contributed by atoms with Crippen LogP contribution in [0.25, 0.3) is 100 Å². The Morgan fingerprint density at radius 2 is 0.789 bits per heavy atom. The van der Waals surface area contributed by atoms with Crippen molar-refractivity contribution in [2.75, 3.05) is 0 Å². The molecule has 268 valence electrons. The predicted octanol–water partition coefficient (Wildman–Crippen LogP) is 13.6. The lowest BCUT2D eigenvalue weighted by molar-refractivity contribution is 1.16. The molecule has 0 aliphatic carbocycles. The van der Waals surface area contributed by atoms with Crippen molar-refractivity contribution < 1.29 is 0 Å². The minimum Gasteiger partial charge on any atom is -0.309 e. The van der Waals surface area contributed by atoms with Crippen LogP contribution in [-0.4, -0.2) is 19.1 Å². The second kappa shape index (κ2) is 13.3. The zero-order valence-electron chi connectivity index (χ0n) is 31.3. The summed E-state index contributed by atoms with van der Waals surface area (Å²) in [5.41, 5.74) is 15.4. The molecule has 57 heavy (non-hydrogen) atoms.